The van der Waals surface area contributed by atoms with E-state index in [1.165, 1.54) is 6.26 Å². The van der Waals surface area contributed by atoms with Crippen LogP contribution < -0.4 is 10.2 Å². The zero-order valence-corrected chi connectivity index (χ0v) is 16.0. The summed E-state index contributed by atoms with van der Waals surface area (Å²) >= 11 is 3.38. The molecule has 2 amide bonds. The number of nitrogens with zero attached hydrogens (tertiary/aromatic N) is 1. The van der Waals surface area contributed by atoms with Gasteiger partial charge in [-0.25, -0.2) is 0 Å². The zero-order valence-electron chi connectivity index (χ0n) is 14.4. The van der Waals surface area contributed by atoms with Crippen LogP contribution in [0.1, 0.15) is 32.9 Å². The molecule has 2 aromatic carbocycles. The molecule has 2 heterocycles. The summed E-state index contributed by atoms with van der Waals surface area (Å²) in [5.74, 6) is 0.0114. The lowest BCUT2D eigenvalue weighted by atomic mass is 10.0. The minimum Gasteiger partial charge on any atom is -0.459 e. The second-order valence-corrected chi connectivity index (χ2v) is 7.26. The van der Waals surface area contributed by atoms with Crippen LogP contribution in [0.2, 0.25) is 0 Å². The number of halogens is 1. The van der Waals surface area contributed by atoms with Crippen molar-refractivity contribution >= 4 is 39.1 Å². The minimum atomic E-state index is -0.171. The second kappa shape index (κ2) is 7.40. The van der Waals surface area contributed by atoms with E-state index in [2.05, 4.69) is 21.2 Å². The van der Waals surface area contributed by atoms with E-state index < -0.39 is 0 Å². The highest BCUT2D eigenvalue weighted by Gasteiger charge is 2.25. The number of carbonyl (C=O) groups excluding carboxylic acids is 2. The highest BCUT2D eigenvalue weighted by atomic mass is 79.9. The zero-order chi connectivity index (χ0) is 18.8. The van der Waals surface area contributed by atoms with Crippen LogP contribution in [0.25, 0.3) is 0 Å². The van der Waals surface area contributed by atoms with Gasteiger partial charge in [-0.05, 0) is 66.9 Å². The number of amides is 2. The van der Waals surface area contributed by atoms with Crippen molar-refractivity contribution in [2.75, 3.05) is 16.8 Å². The largest absolute Gasteiger partial charge is 0.459 e. The van der Waals surface area contributed by atoms with Crippen molar-refractivity contribution in [2.24, 2.45) is 0 Å². The highest BCUT2D eigenvalue weighted by Crippen LogP contribution is 2.31. The fourth-order valence-electron chi connectivity index (χ4n) is 3.25. The summed E-state index contributed by atoms with van der Waals surface area (Å²) in [6.45, 7) is 0.649. The Morgan fingerprint density at radius 3 is 2.74 bits per heavy atom. The molecule has 0 spiro atoms. The van der Waals surface area contributed by atoms with Gasteiger partial charge in [0.05, 0.1) is 6.26 Å². The summed E-state index contributed by atoms with van der Waals surface area (Å²) in [6.07, 6.45) is 3.22. The number of anilines is 2. The van der Waals surface area contributed by atoms with E-state index in [9.17, 15) is 9.59 Å². The van der Waals surface area contributed by atoms with Crippen LogP contribution in [0.5, 0.6) is 0 Å². The standard InChI is InChI=1S/C21H17BrN2O3/c22-16-6-1-4-15(12-16)20(25)23-17-8-9-18-14(13-17)5-2-10-24(18)21(26)19-7-3-11-27-19/h1,3-4,6-9,11-13H,2,5,10H2,(H,23,25). The number of fused-ring (bicyclic) bond motifs is 1. The SMILES string of the molecule is O=C(Nc1ccc2c(c1)CCCN2C(=O)c1ccco1)c1cccc(Br)c1. The lowest BCUT2D eigenvalue weighted by Gasteiger charge is -2.29. The van der Waals surface area contributed by atoms with Gasteiger partial charge in [-0.1, -0.05) is 22.0 Å². The Balaban J connectivity index is 1.56. The molecular formula is C21H17BrN2O3. The van der Waals surface area contributed by atoms with Gasteiger partial charge in [0.15, 0.2) is 5.76 Å². The van der Waals surface area contributed by atoms with E-state index >= 15 is 0 Å². The summed E-state index contributed by atoms with van der Waals surface area (Å²) in [6, 6.07) is 16.3. The molecule has 1 aliphatic rings. The van der Waals surface area contributed by atoms with Crippen LogP contribution in [0, 0.1) is 0 Å². The first kappa shape index (κ1) is 17.5. The monoisotopic (exact) mass is 424 g/mol. The predicted octanol–water partition coefficient (Wildman–Crippen LogP) is 4.89. The van der Waals surface area contributed by atoms with E-state index in [4.69, 9.17) is 4.42 Å². The second-order valence-electron chi connectivity index (χ2n) is 6.35. The molecule has 0 unspecified atom stereocenters. The molecule has 0 saturated heterocycles. The molecule has 0 aliphatic carbocycles. The summed E-state index contributed by atoms with van der Waals surface area (Å²) in [5.41, 5.74) is 3.19. The van der Waals surface area contributed by atoms with Crippen molar-refractivity contribution in [1.29, 1.82) is 0 Å². The maximum absolute atomic E-state index is 12.7. The predicted molar refractivity (Wildman–Crippen MR) is 107 cm³/mol. The average molecular weight is 425 g/mol. The van der Waals surface area contributed by atoms with Crippen molar-refractivity contribution in [3.8, 4) is 0 Å². The Morgan fingerprint density at radius 1 is 1.07 bits per heavy atom. The Morgan fingerprint density at radius 2 is 1.96 bits per heavy atom. The average Bonchev–Trinajstić information content (AvgIpc) is 3.21. The molecule has 0 radical (unpaired) electrons. The van der Waals surface area contributed by atoms with Crippen molar-refractivity contribution in [3.05, 3.63) is 82.2 Å². The fourth-order valence-corrected chi connectivity index (χ4v) is 3.65. The third-order valence-electron chi connectivity index (χ3n) is 4.52. The van der Waals surface area contributed by atoms with Gasteiger partial charge in [-0.3, -0.25) is 9.59 Å². The van der Waals surface area contributed by atoms with E-state index in [0.29, 0.717) is 23.6 Å². The molecule has 4 rings (SSSR count). The van der Waals surface area contributed by atoms with Gasteiger partial charge in [0.2, 0.25) is 0 Å². The normalized spacial score (nSPS) is 13.1. The number of hydrogen-bond acceptors (Lipinski definition) is 3. The molecule has 0 bridgehead atoms. The number of rotatable bonds is 3. The van der Waals surface area contributed by atoms with E-state index in [1.54, 1.807) is 29.2 Å². The van der Waals surface area contributed by atoms with Crippen LogP contribution in [0.3, 0.4) is 0 Å². The van der Waals surface area contributed by atoms with Gasteiger partial charge >= 0.3 is 0 Å². The van der Waals surface area contributed by atoms with Crippen molar-refractivity contribution in [3.63, 3.8) is 0 Å². The summed E-state index contributed by atoms with van der Waals surface area (Å²) in [4.78, 5) is 26.8. The van der Waals surface area contributed by atoms with Crippen molar-refractivity contribution in [2.45, 2.75) is 12.8 Å². The molecule has 136 valence electrons. The van der Waals surface area contributed by atoms with E-state index in [0.717, 1.165) is 28.6 Å². The molecule has 1 aromatic heterocycles. The summed E-state index contributed by atoms with van der Waals surface area (Å²) < 4.78 is 6.10. The number of nitrogens with one attached hydrogen (secondary N) is 1. The Hall–Kier alpha value is -2.86. The molecule has 0 fully saturated rings. The lowest BCUT2D eigenvalue weighted by molar-refractivity contribution is 0.0957. The molecule has 3 aromatic rings. The topological polar surface area (TPSA) is 62.6 Å². The van der Waals surface area contributed by atoms with Gasteiger partial charge in [-0.15, -0.1) is 0 Å². The number of benzene rings is 2. The number of hydrogen-bond donors (Lipinski definition) is 1. The van der Waals surface area contributed by atoms with Gasteiger partial charge in [0, 0.05) is 28.0 Å². The third-order valence-corrected chi connectivity index (χ3v) is 5.01. The molecule has 1 N–H and O–H groups in total. The van der Waals surface area contributed by atoms with Gasteiger partial charge in [0.1, 0.15) is 0 Å². The summed E-state index contributed by atoms with van der Waals surface area (Å²) in [5, 5.41) is 2.93. The van der Waals surface area contributed by atoms with E-state index in [1.807, 2.05) is 30.3 Å². The van der Waals surface area contributed by atoms with E-state index in [-0.39, 0.29) is 11.8 Å². The minimum absolute atomic E-state index is 0.146. The Bertz CT molecular complexity index is 998. The maximum Gasteiger partial charge on any atom is 0.293 e. The van der Waals surface area contributed by atoms with Gasteiger partial charge in [0.25, 0.3) is 11.8 Å². The van der Waals surface area contributed by atoms with Crippen LogP contribution in [0.4, 0.5) is 11.4 Å². The molecule has 6 heteroatoms. The van der Waals surface area contributed by atoms with Crippen LogP contribution >= 0.6 is 15.9 Å². The third kappa shape index (κ3) is 3.66. The van der Waals surface area contributed by atoms with Gasteiger partial charge < -0.3 is 14.6 Å². The lowest BCUT2D eigenvalue weighted by Crippen LogP contribution is -2.35. The molecule has 5 nitrogen and oxygen atoms in total. The van der Waals surface area contributed by atoms with Crippen molar-refractivity contribution in [1.82, 2.24) is 0 Å². The van der Waals surface area contributed by atoms with Crippen LogP contribution in [0.15, 0.2) is 69.8 Å². The molecular weight excluding hydrogens is 408 g/mol. The first-order valence-corrected chi connectivity index (χ1v) is 9.46. The summed E-state index contributed by atoms with van der Waals surface area (Å²) in [7, 11) is 0. The first-order valence-electron chi connectivity index (χ1n) is 8.67. The maximum atomic E-state index is 12.7. The van der Waals surface area contributed by atoms with Crippen LogP contribution in [-0.4, -0.2) is 18.4 Å². The molecule has 0 atom stereocenters. The quantitative estimate of drug-likeness (QED) is 0.650. The number of carbonyl (C=O) groups is 2. The number of aryl methyl sites for hydroxylation is 1. The van der Waals surface area contributed by atoms with Gasteiger partial charge in [-0.2, -0.15) is 0 Å². The van der Waals surface area contributed by atoms with Crippen molar-refractivity contribution < 1.29 is 14.0 Å². The first-order chi connectivity index (χ1) is 13.1. The Labute approximate surface area is 165 Å². The highest BCUT2D eigenvalue weighted by molar-refractivity contribution is 9.10. The molecule has 1 aliphatic heterocycles. The fraction of sp³-hybridized carbons (Fsp3) is 0.143. The molecule has 27 heavy (non-hydrogen) atoms. The Kier molecular flexibility index (Phi) is 4.81. The molecule has 0 saturated carbocycles. The van der Waals surface area contributed by atoms with Crippen LogP contribution in [-0.2, 0) is 6.42 Å². The number of furan rings is 1. The smallest absolute Gasteiger partial charge is 0.293 e.